The quantitative estimate of drug-likeness (QED) is 0.392. The van der Waals surface area contributed by atoms with Gasteiger partial charge in [-0.1, -0.05) is 6.92 Å². The van der Waals surface area contributed by atoms with Crippen molar-refractivity contribution in [2.75, 3.05) is 13.2 Å². The summed E-state index contributed by atoms with van der Waals surface area (Å²) in [6.07, 6.45) is 0.622. The van der Waals surface area contributed by atoms with E-state index in [1.165, 1.54) is 0 Å². The SMILES string of the molecule is CCOC(=O)C(N)C(=O)NCCC(O)CC. The fourth-order valence-electron chi connectivity index (χ4n) is 1.02. The van der Waals surface area contributed by atoms with Gasteiger partial charge in [-0.3, -0.25) is 4.79 Å². The Morgan fingerprint density at radius 1 is 1.44 bits per heavy atom. The Kier molecular flexibility index (Phi) is 7.49. The van der Waals surface area contributed by atoms with E-state index in [2.05, 4.69) is 10.1 Å². The normalized spacial score (nSPS) is 14.0. The van der Waals surface area contributed by atoms with Crippen LogP contribution in [0.3, 0.4) is 0 Å². The van der Waals surface area contributed by atoms with Crippen molar-refractivity contribution in [3.63, 3.8) is 0 Å². The van der Waals surface area contributed by atoms with Crippen LogP contribution in [0.5, 0.6) is 0 Å². The summed E-state index contributed by atoms with van der Waals surface area (Å²) >= 11 is 0. The number of nitrogens with one attached hydrogen (secondary N) is 1. The molecule has 0 radical (unpaired) electrons. The van der Waals surface area contributed by atoms with Gasteiger partial charge in [0, 0.05) is 6.54 Å². The highest BCUT2D eigenvalue weighted by Crippen LogP contribution is 1.94. The summed E-state index contributed by atoms with van der Waals surface area (Å²) < 4.78 is 4.60. The van der Waals surface area contributed by atoms with E-state index in [-0.39, 0.29) is 6.61 Å². The Morgan fingerprint density at radius 3 is 2.56 bits per heavy atom. The standard InChI is InChI=1S/C10H20N2O4/c1-3-7(13)5-6-12-9(14)8(11)10(15)16-4-2/h7-8,13H,3-6,11H2,1-2H3,(H,12,14). The van der Waals surface area contributed by atoms with Gasteiger partial charge in [0.25, 0.3) is 0 Å². The van der Waals surface area contributed by atoms with E-state index in [4.69, 9.17) is 5.73 Å². The molecule has 0 fully saturated rings. The van der Waals surface area contributed by atoms with Crippen LogP contribution >= 0.6 is 0 Å². The molecule has 0 aromatic heterocycles. The first kappa shape index (κ1) is 14.9. The molecule has 1 amide bonds. The van der Waals surface area contributed by atoms with Gasteiger partial charge < -0.3 is 20.9 Å². The van der Waals surface area contributed by atoms with Gasteiger partial charge in [0.2, 0.25) is 5.91 Å². The molecule has 0 aromatic rings. The van der Waals surface area contributed by atoms with Crippen LogP contribution in [-0.4, -0.2) is 42.3 Å². The Hall–Kier alpha value is -1.14. The molecule has 0 spiro atoms. The predicted molar refractivity (Wildman–Crippen MR) is 58.5 cm³/mol. The zero-order valence-electron chi connectivity index (χ0n) is 9.73. The summed E-state index contributed by atoms with van der Waals surface area (Å²) in [6.45, 7) is 3.96. The van der Waals surface area contributed by atoms with E-state index >= 15 is 0 Å². The van der Waals surface area contributed by atoms with Crippen LogP contribution in [0.15, 0.2) is 0 Å². The molecule has 0 saturated carbocycles. The number of amides is 1. The largest absolute Gasteiger partial charge is 0.464 e. The van der Waals surface area contributed by atoms with Crippen molar-refractivity contribution in [2.45, 2.75) is 38.8 Å². The van der Waals surface area contributed by atoms with Crippen LogP contribution in [0, 0.1) is 0 Å². The highest BCUT2D eigenvalue weighted by molar-refractivity contribution is 6.01. The van der Waals surface area contributed by atoms with E-state index in [0.29, 0.717) is 19.4 Å². The molecule has 0 bridgehead atoms. The molecule has 6 heteroatoms. The molecule has 0 aliphatic carbocycles. The average molecular weight is 232 g/mol. The van der Waals surface area contributed by atoms with Crippen molar-refractivity contribution in [1.29, 1.82) is 0 Å². The number of nitrogens with two attached hydrogens (primary N) is 1. The van der Waals surface area contributed by atoms with Gasteiger partial charge in [-0.2, -0.15) is 0 Å². The highest BCUT2D eigenvalue weighted by atomic mass is 16.5. The lowest BCUT2D eigenvalue weighted by atomic mass is 10.2. The molecule has 16 heavy (non-hydrogen) atoms. The minimum atomic E-state index is -1.29. The molecule has 0 aliphatic heterocycles. The Labute approximate surface area is 95.1 Å². The molecule has 4 N–H and O–H groups in total. The second-order valence-corrected chi connectivity index (χ2v) is 3.37. The smallest absolute Gasteiger partial charge is 0.332 e. The Morgan fingerprint density at radius 2 is 2.06 bits per heavy atom. The van der Waals surface area contributed by atoms with Gasteiger partial charge in [-0.15, -0.1) is 0 Å². The third-order valence-electron chi connectivity index (χ3n) is 2.07. The monoisotopic (exact) mass is 232 g/mol. The molecule has 2 atom stereocenters. The number of carbonyl (C=O) groups is 2. The highest BCUT2D eigenvalue weighted by Gasteiger charge is 2.22. The molecular weight excluding hydrogens is 212 g/mol. The number of carbonyl (C=O) groups excluding carboxylic acids is 2. The van der Waals surface area contributed by atoms with E-state index in [0.717, 1.165) is 0 Å². The van der Waals surface area contributed by atoms with Crippen molar-refractivity contribution in [2.24, 2.45) is 5.73 Å². The van der Waals surface area contributed by atoms with Crippen LogP contribution in [0.4, 0.5) is 0 Å². The second kappa shape index (κ2) is 8.06. The zero-order valence-corrected chi connectivity index (χ0v) is 9.73. The number of hydrogen-bond acceptors (Lipinski definition) is 5. The zero-order chi connectivity index (χ0) is 12.6. The van der Waals surface area contributed by atoms with E-state index in [9.17, 15) is 14.7 Å². The summed E-state index contributed by atoms with van der Waals surface area (Å²) in [5.74, 6) is -1.32. The first-order valence-corrected chi connectivity index (χ1v) is 5.40. The van der Waals surface area contributed by atoms with E-state index in [1.807, 2.05) is 6.92 Å². The maximum absolute atomic E-state index is 11.3. The first-order valence-electron chi connectivity index (χ1n) is 5.40. The van der Waals surface area contributed by atoms with Crippen molar-refractivity contribution in [1.82, 2.24) is 5.32 Å². The summed E-state index contributed by atoms with van der Waals surface area (Å²) in [7, 11) is 0. The first-order chi connectivity index (χ1) is 7.52. The molecule has 0 rings (SSSR count). The summed E-state index contributed by atoms with van der Waals surface area (Å²) in [5, 5.41) is 11.7. The van der Waals surface area contributed by atoms with Gasteiger partial charge in [0.05, 0.1) is 12.7 Å². The maximum Gasteiger partial charge on any atom is 0.332 e. The van der Waals surface area contributed by atoms with E-state index in [1.54, 1.807) is 6.92 Å². The number of rotatable bonds is 7. The molecule has 0 aliphatic rings. The van der Waals surface area contributed by atoms with Gasteiger partial charge in [0.1, 0.15) is 0 Å². The van der Waals surface area contributed by atoms with Crippen LogP contribution < -0.4 is 11.1 Å². The van der Waals surface area contributed by atoms with Crippen LogP contribution in [0.25, 0.3) is 0 Å². The number of hydrogen-bond donors (Lipinski definition) is 3. The Balaban J connectivity index is 3.83. The topological polar surface area (TPSA) is 102 Å². The number of aliphatic hydroxyl groups excluding tert-OH is 1. The Bertz CT molecular complexity index is 233. The molecule has 0 heterocycles. The number of esters is 1. The minimum Gasteiger partial charge on any atom is -0.464 e. The molecule has 0 saturated heterocycles. The van der Waals surface area contributed by atoms with Crippen molar-refractivity contribution in [3.05, 3.63) is 0 Å². The van der Waals surface area contributed by atoms with Crippen LogP contribution in [0.1, 0.15) is 26.7 Å². The number of aliphatic hydroxyl groups is 1. The summed E-state index contributed by atoms with van der Waals surface area (Å²) in [5.41, 5.74) is 5.35. The molecular formula is C10H20N2O4. The van der Waals surface area contributed by atoms with Crippen molar-refractivity contribution in [3.8, 4) is 0 Å². The molecule has 2 unspecified atom stereocenters. The minimum absolute atomic E-state index is 0.189. The average Bonchev–Trinajstić information content (AvgIpc) is 2.27. The summed E-state index contributed by atoms with van der Waals surface area (Å²) in [6, 6.07) is -1.29. The second-order valence-electron chi connectivity index (χ2n) is 3.37. The van der Waals surface area contributed by atoms with Gasteiger partial charge in [0.15, 0.2) is 6.04 Å². The lowest BCUT2D eigenvalue weighted by Gasteiger charge is -2.12. The number of ether oxygens (including phenoxy) is 1. The lowest BCUT2D eigenvalue weighted by molar-refractivity contribution is -0.147. The van der Waals surface area contributed by atoms with Gasteiger partial charge in [-0.25, -0.2) is 4.79 Å². The molecule has 6 nitrogen and oxygen atoms in total. The van der Waals surface area contributed by atoms with Gasteiger partial charge >= 0.3 is 5.97 Å². The van der Waals surface area contributed by atoms with Crippen LogP contribution in [0.2, 0.25) is 0 Å². The fraction of sp³-hybridized carbons (Fsp3) is 0.800. The lowest BCUT2D eigenvalue weighted by Crippen LogP contribution is -2.47. The van der Waals surface area contributed by atoms with Crippen molar-refractivity contribution < 1.29 is 19.4 Å². The molecule has 0 aromatic carbocycles. The third kappa shape index (κ3) is 5.67. The molecule has 94 valence electrons. The van der Waals surface area contributed by atoms with Crippen LogP contribution in [-0.2, 0) is 14.3 Å². The maximum atomic E-state index is 11.3. The van der Waals surface area contributed by atoms with Gasteiger partial charge in [-0.05, 0) is 19.8 Å². The van der Waals surface area contributed by atoms with E-state index < -0.39 is 24.0 Å². The fourth-order valence-corrected chi connectivity index (χ4v) is 1.02. The van der Waals surface area contributed by atoms with Crippen molar-refractivity contribution >= 4 is 11.9 Å². The predicted octanol–water partition coefficient (Wildman–Crippen LogP) is -0.846. The third-order valence-corrected chi connectivity index (χ3v) is 2.07. The summed E-state index contributed by atoms with van der Waals surface area (Å²) in [4.78, 5) is 22.4.